The number of aryl methyl sites for hydroxylation is 2. The van der Waals surface area contributed by atoms with Gasteiger partial charge in [-0.3, -0.25) is 4.99 Å². The lowest BCUT2D eigenvalue weighted by molar-refractivity contribution is 0.709. The number of thiophene rings is 1. The minimum Gasteiger partial charge on any atom is -0.370 e. The predicted molar refractivity (Wildman–Crippen MR) is 78.3 cm³/mol. The molecule has 1 atom stereocenters. The van der Waals surface area contributed by atoms with E-state index in [2.05, 4.69) is 37.1 Å². The molecule has 0 aliphatic carbocycles. The van der Waals surface area contributed by atoms with Crippen molar-refractivity contribution in [2.45, 2.75) is 26.8 Å². The maximum Gasteiger partial charge on any atom is 0.188 e. The van der Waals surface area contributed by atoms with Crippen LogP contribution in [0.2, 0.25) is 0 Å². The van der Waals surface area contributed by atoms with Crippen LogP contribution in [-0.4, -0.2) is 13.0 Å². The van der Waals surface area contributed by atoms with Crippen molar-refractivity contribution in [2.24, 2.45) is 10.7 Å². The molecule has 86 valence electrons. The number of rotatable bonds is 2. The minimum absolute atomic E-state index is 0. The van der Waals surface area contributed by atoms with E-state index in [0.717, 1.165) is 0 Å². The molecule has 0 fully saturated rings. The number of aliphatic imine (C=N–C) groups is 1. The number of nitrogens with two attached hydrogens (primary N) is 1. The van der Waals surface area contributed by atoms with Gasteiger partial charge in [-0.25, -0.2) is 0 Å². The summed E-state index contributed by atoms with van der Waals surface area (Å²) in [5.41, 5.74) is 6.92. The first kappa shape index (κ1) is 14.7. The number of nitrogens with one attached hydrogen (secondary N) is 1. The topological polar surface area (TPSA) is 50.4 Å². The van der Waals surface area contributed by atoms with Gasteiger partial charge in [0.15, 0.2) is 5.96 Å². The first-order valence-corrected chi connectivity index (χ1v) is 5.42. The summed E-state index contributed by atoms with van der Waals surface area (Å²) in [6.07, 6.45) is 0. The zero-order valence-corrected chi connectivity index (χ0v) is 12.6. The maximum absolute atomic E-state index is 5.61. The number of nitrogens with zero attached hydrogens (tertiary/aromatic N) is 1. The number of hydrogen-bond donors (Lipinski definition) is 2. The molecule has 0 aliphatic rings. The van der Waals surface area contributed by atoms with Gasteiger partial charge >= 0.3 is 0 Å². The largest absolute Gasteiger partial charge is 0.370 e. The van der Waals surface area contributed by atoms with E-state index in [0.29, 0.717) is 5.96 Å². The van der Waals surface area contributed by atoms with Crippen molar-refractivity contribution in [1.29, 1.82) is 0 Å². The smallest absolute Gasteiger partial charge is 0.188 e. The SMILES string of the molecule is CN=C(N)NC(C)c1cc(C)sc1C.I. The Morgan fingerprint density at radius 1 is 1.53 bits per heavy atom. The van der Waals surface area contributed by atoms with Crippen molar-refractivity contribution >= 4 is 41.3 Å². The summed E-state index contributed by atoms with van der Waals surface area (Å²) in [6, 6.07) is 2.42. The average Bonchev–Trinajstić information content (AvgIpc) is 2.45. The summed E-state index contributed by atoms with van der Waals surface area (Å²) in [5.74, 6) is 0.487. The fourth-order valence-corrected chi connectivity index (χ4v) is 2.47. The highest BCUT2D eigenvalue weighted by Crippen LogP contribution is 2.25. The first-order chi connectivity index (χ1) is 6.54. The molecular formula is C10H18IN3S. The molecule has 1 aromatic rings. The van der Waals surface area contributed by atoms with Gasteiger partial charge in [0.05, 0.1) is 6.04 Å². The van der Waals surface area contributed by atoms with Gasteiger partial charge < -0.3 is 11.1 Å². The first-order valence-electron chi connectivity index (χ1n) is 4.60. The van der Waals surface area contributed by atoms with Gasteiger partial charge in [-0.2, -0.15) is 0 Å². The third-order valence-corrected chi connectivity index (χ3v) is 3.13. The molecule has 1 rings (SSSR count). The summed E-state index contributed by atoms with van der Waals surface area (Å²) >= 11 is 1.81. The van der Waals surface area contributed by atoms with E-state index in [1.54, 1.807) is 7.05 Å². The monoisotopic (exact) mass is 339 g/mol. The quantitative estimate of drug-likeness (QED) is 0.494. The van der Waals surface area contributed by atoms with Gasteiger partial charge in [0.2, 0.25) is 0 Å². The Balaban J connectivity index is 0.00000196. The lowest BCUT2D eigenvalue weighted by Gasteiger charge is -2.13. The van der Waals surface area contributed by atoms with E-state index in [1.165, 1.54) is 15.3 Å². The van der Waals surface area contributed by atoms with E-state index >= 15 is 0 Å². The number of halogens is 1. The molecule has 5 heteroatoms. The molecule has 0 amide bonds. The van der Waals surface area contributed by atoms with E-state index in [1.807, 2.05) is 11.3 Å². The van der Waals surface area contributed by atoms with E-state index in [-0.39, 0.29) is 30.0 Å². The van der Waals surface area contributed by atoms with Crippen LogP contribution in [0.15, 0.2) is 11.1 Å². The van der Waals surface area contributed by atoms with Crippen LogP contribution < -0.4 is 11.1 Å². The van der Waals surface area contributed by atoms with Crippen LogP contribution in [-0.2, 0) is 0 Å². The second-order valence-electron chi connectivity index (χ2n) is 3.34. The highest BCUT2D eigenvalue weighted by Gasteiger charge is 2.10. The van der Waals surface area contributed by atoms with Crippen LogP contribution in [0, 0.1) is 13.8 Å². The summed E-state index contributed by atoms with van der Waals surface area (Å²) in [6.45, 7) is 6.34. The van der Waals surface area contributed by atoms with E-state index in [4.69, 9.17) is 5.73 Å². The third kappa shape index (κ3) is 3.98. The summed E-state index contributed by atoms with van der Waals surface area (Å²) in [5, 5.41) is 3.13. The minimum atomic E-state index is 0. The molecule has 0 spiro atoms. The molecule has 0 bridgehead atoms. The summed E-state index contributed by atoms with van der Waals surface area (Å²) in [4.78, 5) is 6.55. The highest BCUT2D eigenvalue weighted by molar-refractivity contribution is 14.0. The molecule has 1 unspecified atom stereocenters. The lowest BCUT2D eigenvalue weighted by atomic mass is 10.1. The molecular weight excluding hydrogens is 321 g/mol. The molecule has 0 aromatic carbocycles. The van der Waals surface area contributed by atoms with Crippen molar-refractivity contribution in [3.63, 3.8) is 0 Å². The Labute approximate surface area is 112 Å². The molecule has 15 heavy (non-hydrogen) atoms. The molecule has 1 aromatic heterocycles. The molecule has 0 aliphatic heterocycles. The van der Waals surface area contributed by atoms with Crippen LogP contribution in [0.25, 0.3) is 0 Å². The summed E-state index contributed by atoms with van der Waals surface area (Å²) in [7, 11) is 1.68. The Morgan fingerprint density at radius 3 is 2.53 bits per heavy atom. The van der Waals surface area contributed by atoms with Gasteiger partial charge in [0, 0.05) is 16.8 Å². The van der Waals surface area contributed by atoms with Gasteiger partial charge in [0.25, 0.3) is 0 Å². The summed E-state index contributed by atoms with van der Waals surface area (Å²) < 4.78 is 0. The second-order valence-corrected chi connectivity index (χ2v) is 4.80. The third-order valence-electron chi connectivity index (χ3n) is 2.15. The van der Waals surface area contributed by atoms with Crippen LogP contribution in [0.4, 0.5) is 0 Å². The Hall–Kier alpha value is -0.300. The Kier molecular flexibility index (Phi) is 6.19. The number of guanidine groups is 1. The molecule has 1 heterocycles. The van der Waals surface area contributed by atoms with Gasteiger partial charge in [-0.15, -0.1) is 35.3 Å². The van der Waals surface area contributed by atoms with Gasteiger partial charge in [-0.05, 0) is 32.4 Å². The fraction of sp³-hybridized carbons (Fsp3) is 0.500. The Morgan fingerprint density at radius 2 is 2.13 bits per heavy atom. The van der Waals surface area contributed by atoms with Crippen molar-refractivity contribution in [1.82, 2.24) is 5.32 Å². The molecule has 3 nitrogen and oxygen atoms in total. The van der Waals surface area contributed by atoms with Crippen molar-refractivity contribution < 1.29 is 0 Å². The van der Waals surface area contributed by atoms with Crippen molar-refractivity contribution in [3.05, 3.63) is 21.4 Å². The van der Waals surface area contributed by atoms with Gasteiger partial charge in [0.1, 0.15) is 0 Å². The van der Waals surface area contributed by atoms with Gasteiger partial charge in [-0.1, -0.05) is 0 Å². The van der Waals surface area contributed by atoms with Crippen LogP contribution in [0.3, 0.4) is 0 Å². The maximum atomic E-state index is 5.61. The molecule has 0 radical (unpaired) electrons. The molecule has 0 saturated carbocycles. The normalized spacial score (nSPS) is 13.2. The predicted octanol–water partition coefficient (Wildman–Crippen LogP) is 2.58. The van der Waals surface area contributed by atoms with Crippen LogP contribution >= 0.6 is 35.3 Å². The van der Waals surface area contributed by atoms with Crippen molar-refractivity contribution in [2.75, 3.05) is 7.05 Å². The van der Waals surface area contributed by atoms with E-state index in [9.17, 15) is 0 Å². The standard InChI is InChI=1S/C10H17N3S.HI/c1-6-5-9(8(3)14-6)7(2)13-10(11)12-4;/h5,7H,1-4H3,(H3,11,12,13);1H. The van der Waals surface area contributed by atoms with Crippen LogP contribution in [0.1, 0.15) is 28.3 Å². The van der Waals surface area contributed by atoms with Crippen LogP contribution in [0.5, 0.6) is 0 Å². The second kappa shape index (κ2) is 6.32. The highest BCUT2D eigenvalue weighted by atomic mass is 127. The molecule has 0 saturated heterocycles. The average molecular weight is 339 g/mol. The van der Waals surface area contributed by atoms with Crippen molar-refractivity contribution in [3.8, 4) is 0 Å². The number of hydrogen-bond acceptors (Lipinski definition) is 2. The Bertz CT molecular complexity index is 346. The zero-order valence-electron chi connectivity index (χ0n) is 9.50. The zero-order chi connectivity index (χ0) is 10.7. The lowest BCUT2D eigenvalue weighted by Crippen LogP contribution is -2.33. The van der Waals surface area contributed by atoms with E-state index < -0.39 is 0 Å². The fourth-order valence-electron chi connectivity index (χ4n) is 1.44. The molecule has 3 N–H and O–H groups in total.